The molecule has 2 fully saturated rings. The maximum atomic E-state index is 10.8. The lowest BCUT2D eigenvalue weighted by molar-refractivity contribution is -0.107. The van der Waals surface area contributed by atoms with Crippen molar-refractivity contribution in [3.63, 3.8) is 0 Å². The Kier molecular flexibility index (Phi) is 2.44. The average molecular weight is 232 g/mol. The molecule has 90 valence electrons. The van der Waals surface area contributed by atoms with Crippen molar-refractivity contribution in [2.75, 3.05) is 13.2 Å². The van der Waals surface area contributed by atoms with Crippen LogP contribution >= 0.6 is 0 Å². The highest BCUT2D eigenvalue weighted by Crippen LogP contribution is 2.48. The van der Waals surface area contributed by atoms with Crippen LogP contribution in [0.25, 0.3) is 0 Å². The van der Waals surface area contributed by atoms with Gasteiger partial charge in [0.25, 0.3) is 0 Å². The molecule has 0 aromatic heterocycles. The highest BCUT2D eigenvalue weighted by molar-refractivity contribution is 5.87. The molecule has 0 amide bonds. The zero-order valence-corrected chi connectivity index (χ0v) is 9.69. The SMILES string of the molecule is O=C(O)c1ccc(C2(C3CCC3)COC2)cc1. The van der Waals surface area contributed by atoms with E-state index in [-0.39, 0.29) is 5.41 Å². The molecule has 1 saturated carbocycles. The lowest BCUT2D eigenvalue weighted by atomic mass is 9.61. The quantitative estimate of drug-likeness (QED) is 0.870. The molecule has 1 N–H and O–H groups in total. The number of benzene rings is 1. The summed E-state index contributed by atoms with van der Waals surface area (Å²) >= 11 is 0. The molecule has 1 saturated heterocycles. The van der Waals surface area contributed by atoms with Crippen LogP contribution in [0.1, 0.15) is 35.2 Å². The third kappa shape index (κ3) is 1.57. The predicted molar refractivity (Wildman–Crippen MR) is 63.2 cm³/mol. The smallest absolute Gasteiger partial charge is 0.335 e. The minimum atomic E-state index is -0.862. The summed E-state index contributed by atoms with van der Waals surface area (Å²) < 4.78 is 5.41. The van der Waals surface area contributed by atoms with Gasteiger partial charge in [-0.3, -0.25) is 0 Å². The number of carboxylic acid groups (broad SMARTS) is 1. The first kappa shape index (κ1) is 10.8. The van der Waals surface area contributed by atoms with Crippen LogP contribution in [0, 0.1) is 5.92 Å². The number of carbonyl (C=O) groups is 1. The second-order valence-electron chi connectivity index (χ2n) is 5.16. The van der Waals surface area contributed by atoms with Crippen molar-refractivity contribution < 1.29 is 14.6 Å². The van der Waals surface area contributed by atoms with Crippen molar-refractivity contribution in [1.82, 2.24) is 0 Å². The molecule has 1 aliphatic carbocycles. The molecule has 1 aromatic rings. The molecular weight excluding hydrogens is 216 g/mol. The fourth-order valence-corrected chi connectivity index (χ4v) is 2.87. The van der Waals surface area contributed by atoms with Crippen LogP contribution in [-0.4, -0.2) is 24.3 Å². The second kappa shape index (κ2) is 3.84. The van der Waals surface area contributed by atoms with Gasteiger partial charge in [0.05, 0.1) is 18.8 Å². The standard InChI is InChI=1S/C14H16O3/c15-13(16)10-4-6-12(7-5-10)14(8-17-9-14)11-2-1-3-11/h4-7,11H,1-3,8-9H2,(H,15,16). The first-order valence-corrected chi connectivity index (χ1v) is 6.14. The molecule has 0 bridgehead atoms. The fourth-order valence-electron chi connectivity index (χ4n) is 2.87. The van der Waals surface area contributed by atoms with Crippen molar-refractivity contribution in [2.45, 2.75) is 24.7 Å². The predicted octanol–water partition coefficient (Wildman–Crippen LogP) is 2.45. The van der Waals surface area contributed by atoms with Crippen LogP contribution in [0.2, 0.25) is 0 Å². The van der Waals surface area contributed by atoms with E-state index in [1.807, 2.05) is 12.1 Å². The van der Waals surface area contributed by atoms with E-state index in [9.17, 15) is 4.79 Å². The van der Waals surface area contributed by atoms with E-state index in [0.29, 0.717) is 5.56 Å². The molecule has 1 aliphatic heterocycles. The average Bonchev–Trinajstić information content (AvgIpc) is 2.20. The van der Waals surface area contributed by atoms with E-state index >= 15 is 0 Å². The van der Waals surface area contributed by atoms with Gasteiger partial charge in [-0.25, -0.2) is 4.79 Å². The van der Waals surface area contributed by atoms with Crippen LogP contribution in [0.15, 0.2) is 24.3 Å². The third-order valence-corrected chi connectivity index (χ3v) is 4.31. The van der Waals surface area contributed by atoms with Crippen LogP contribution in [0.5, 0.6) is 0 Å². The van der Waals surface area contributed by atoms with E-state index in [4.69, 9.17) is 9.84 Å². The number of carboxylic acids is 1. The van der Waals surface area contributed by atoms with Crippen LogP contribution in [-0.2, 0) is 10.2 Å². The highest BCUT2D eigenvalue weighted by atomic mass is 16.5. The Hall–Kier alpha value is -1.35. The van der Waals surface area contributed by atoms with Crippen LogP contribution < -0.4 is 0 Å². The van der Waals surface area contributed by atoms with Gasteiger partial charge in [-0.1, -0.05) is 18.6 Å². The molecule has 0 spiro atoms. The van der Waals surface area contributed by atoms with Gasteiger partial charge in [-0.15, -0.1) is 0 Å². The van der Waals surface area contributed by atoms with Gasteiger partial charge < -0.3 is 9.84 Å². The van der Waals surface area contributed by atoms with Gasteiger partial charge in [0, 0.05) is 5.41 Å². The Morgan fingerprint density at radius 1 is 1.24 bits per heavy atom. The van der Waals surface area contributed by atoms with Gasteiger partial charge in [-0.05, 0) is 36.5 Å². The topological polar surface area (TPSA) is 46.5 Å². The number of aromatic carboxylic acids is 1. The van der Waals surface area contributed by atoms with Gasteiger partial charge in [0.15, 0.2) is 0 Å². The molecule has 0 radical (unpaired) electrons. The summed E-state index contributed by atoms with van der Waals surface area (Å²) in [6.45, 7) is 1.59. The largest absolute Gasteiger partial charge is 0.478 e. The zero-order chi connectivity index (χ0) is 11.9. The molecule has 1 aromatic carbocycles. The van der Waals surface area contributed by atoms with E-state index in [1.165, 1.54) is 24.8 Å². The Morgan fingerprint density at radius 3 is 2.24 bits per heavy atom. The molecule has 1 heterocycles. The zero-order valence-electron chi connectivity index (χ0n) is 9.69. The molecule has 2 aliphatic rings. The van der Waals surface area contributed by atoms with E-state index in [0.717, 1.165) is 19.1 Å². The minimum Gasteiger partial charge on any atom is -0.478 e. The van der Waals surface area contributed by atoms with Crippen molar-refractivity contribution >= 4 is 5.97 Å². The summed E-state index contributed by atoms with van der Waals surface area (Å²) in [6, 6.07) is 7.33. The van der Waals surface area contributed by atoms with Crippen molar-refractivity contribution in [2.24, 2.45) is 5.92 Å². The maximum absolute atomic E-state index is 10.8. The Labute approximate surface area is 100 Å². The molecular formula is C14H16O3. The van der Waals surface area contributed by atoms with Crippen molar-refractivity contribution in [3.8, 4) is 0 Å². The first-order valence-electron chi connectivity index (χ1n) is 6.14. The first-order chi connectivity index (χ1) is 8.22. The summed E-state index contributed by atoms with van der Waals surface area (Å²) in [4.78, 5) is 10.8. The Bertz CT molecular complexity index is 427. The normalized spacial score (nSPS) is 22.6. The lowest BCUT2D eigenvalue weighted by Gasteiger charge is -2.51. The minimum absolute atomic E-state index is 0.176. The van der Waals surface area contributed by atoms with Crippen molar-refractivity contribution in [3.05, 3.63) is 35.4 Å². The van der Waals surface area contributed by atoms with Crippen LogP contribution in [0.4, 0.5) is 0 Å². The van der Waals surface area contributed by atoms with Crippen LogP contribution in [0.3, 0.4) is 0 Å². The second-order valence-corrected chi connectivity index (χ2v) is 5.16. The van der Waals surface area contributed by atoms with E-state index in [1.54, 1.807) is 12.1 Å². The Balaban J connectivity index is 1.89. The summed E-state index contributed by atoms with van der Waals surface area (Å²) in [5.41, 5.74) is 1.78. The van der Waals surface area contributed by atoms with Gasteiger partial charge in [-0.2, -0.15) is 0 Å². The van der Waals surface area contributed by atoms with Gasteiger partial charge >= 0.3 is 5.97 Å². The highest BCUT2D eigenvalue weighted by Gasteiger charge is 2.48. The monoisotopic (exact) mass is 232 g/mol. The van der Waals surface area contributed by atoms with Crippen molar-refractivity contribution in [1.29, 1.82) is 0 Å². The van der Waals surface area contributed by atoms with E-state index < -0.39 is 5.97 Å². The summed E-state index contributed by atoms with van der Waals surface area (Å²) in [5.74, 6) is -0.133. The Morgan fingerprint density at radius 2 is 1.88 bits per heavy atom. The third-order valence-electron chi connectivity index (χ3n) is 4.31. The van der Waals surface area contributed by atoms with Gasteiger partial charge in [0.1, 0.15) is 0 Å². The molecule has 3 heteroatoms. The van der Waals surface area contributed by atoms with E-state index in [2.05, 4.69) is 0 Å². The summed E-state index contributed by atoms with van der Waals surface area (Å²) in [7, 11) is 0. The molecule has 0 atom stereocenters. The molecule has 17 heavy (non-hydrogen) atoms. The fraction of sp³-hybridized carbons (Fsp3) is 0.500. The lowest BCUT2D eigenvalue weighted by Crippen LogP contribution is -2.54. The summed E-state index contributed by atoms with van der Waals surface area (Å²) in [5, 5.41) is 8.89. The number of ether oxygens (including phenoxy) is 1. The number of hydrogen-bond donors (Lipinski definition) is 1. The molecule has 3 nitrogen and oxygen atoms in total. The molecule has 3 rings (SSSR count). The molecule has 0 unspecified atom stereocenters. The summed E-state index contributed by atoms with van der Waals surface area (Å²) in [6.07, 6.45) is 3.88. The number of hydrogen-bond acceptors (Lipinski definition) is 2. The van der Waals surface area contributed by atoms with Gasteiger partial charge in [0.2, 0.25) is 0 Å². The number of rotatable bonds is 3. The maximum Gasteiger partial charge on any atom is 0.335 e.